The molecule has 1 saturated heterocycles. The summed E-state index contributed by atoms with van der Waals surface area (Å²) in [6, 6.07) is 4.04. The van der Waals surface area contributed by atoms with Crippen LogP contribution in [0.3, 0.4) is 0 Å². The van der Waals surface area contributed by atoms with Crippen LogP contribution in [0.1, 0.15) is 15.4 Å². The van der Waals surface area contributed by atoms with E-state index in [0.29, 0.717) is 13.1 Å². The minimum absolute atomic E-state index is 0.0802. The van der Waals surface area contributed by atoms with Gasteiger partial charge in [0.1, 0.15) is 15.7 Å². The van der Waals surface area contributed by atoms with E-state index in [0.717, 1.165) is 39.4 Å². The Morgan fingerprint density at radius 1 is 1.20 bits per heavy atom. The zero-order valence-electron chi connectivity index (χ0n) is 13.8. The molecule has 128 valence electrons. The maximum Gasteiger partial charge on any atom is 0.265 e. The Morgan fingerprint density at radius 2 is 2.04 bits per heavy atom. The third-order valence-corrected chi connectivity index (χ3v) is 6.35. The standard InChI is InChI=1S/C17H17N5OS2/c1-12-15(25-16(20-12)13-3-2-10-24-13)17(23)22-8-6-21(7-9-22)14-11-18-4-5-19-14/h2-5,10-11H,6-9H2,1H3. The van der Waals surface area contributed by atoms with Crippen LogP contribution in [0.2, 0.25) is 0 Å². The number of amides is 1. The van der Waals surface area contributed by atoms with E-state index >= 15 is 0 Å². The lowest BCUT2D eigenvalue weighted by molar-refractivity contribution is 0.0750. The second-order valence-electron chi connectivity index (χ2n) is 5.75. The summed E-state index contributed by atoms with van der Waals surface area (Å²) in [6.45, 7) is 4.80. The molecule has 1 aliphatic heterocycles. The molecular weight excluding hydrogens is 354 g/mol. The third kappa shape index (κ3) is 3.27. The first-order chi connectivity index (χ1) is 12.2. The Morgan fingerprint density at radius 3 is 2.72 bits per heavy atom. The molecule has 0 saturated carbocycles. The molecule has 0 spiro atoms. The Kier molecular flexibility index (Phi) is 4.46. The predicted octanol–water partition coefficient (Wildman–Crippen LogP) is 2.93. The summed E-state index contributed by atoms with van der Waals surface area (Å²) in [4.78, 5) is 31.8. The van der Waals surface area contributed by atoms with Crippen molar-refractivity contribution in [1.82, 2.24) is 19.9 Å². The van der Waals surface area contributed by atoms with E-state index in [9.17, 15) is 4.79 Å². The highest BCUT2D eigenvalue weighted by Crippen LogP contribution is 2.31. The maximum atomic E-state index is 12.9. The number of hydrogen-bond donors (Lipinski definition) is 0. The fourth-order valence-electron chi connectivity index (χ4n) is 2.84. The number of nitrogens with zero attached hydrogens (tertiary/aromatic N) is 5. The SMILES string of the molecule is Cc1nc(-c2cccs2)sc1C(=O)N1CCN(c2cnccn2)CC1. The number of piperazine rings is 1. The molecule has 8 heteroatoms. The lowest BCUT2D eigenvalue weighted by Crippen LogP contribution is -2.49. The minimum Gasteiger partial charge on any atom is -0.352 e. The largest absolute Gasteiger partial charge is 0.352 e. The first-order valence-electron chi connectivity index (χ1n) is 8.04. The van der Waals surface area contributed by atoms with Gasteiger partial charge in [0.2, 0.25) is 0 Å². The molecule has 1 aliphatic rings. The van der Waals surface area contributed by atoms with Gasteiger partial charge in [0.25, 0.3) is 5.91 Å². The molecule has 3 aromatic rings. The number of rotatable bonds is 3. The van der Waals surface area contributed by atoms with Gasteiger partial charge in [-0.15, -0.1) is 22.7 Å². The van der Waals surface area contributed by atoms with E-state index in [1.807, 2.05) is 29.3 Å². The molecule has 0 aliphatic carbocycles. The number of anilines is 1. The van der Waals surface area contributed by atoms with Crippen LogP contribution >= 0.6 is 22.7 Å². The van der Waals surface area contributed by atoms with E-state index in [4.69, 9.17) is 0 Å². The monoisotopic (exact) mass is 371 g/mol. The molecule has 0 N–H and O–H groups in total. The topological polar surface area (TPSA) is 62.2 Å². The van der Waals surface area contributed by atoms with Crippen molar-refractivity contribution in [1.29, 1.82) is 0 Å². The summed E-state index contributed by atoms with van der Waals surface area (Å²) in [5.41, 5.74) is 0.815. The molecule has 0 aromatic carbocycles. The van der Waals surface area contributed by atoms with E-state index in [2.05, 4.69) is 19.9 Å². The maximum absolute atomic E-state index is 12.9. The molecule has 3 aromatic heterocycles. The number of carbonyl (C=O) groups excluding carboxylic acids is 1. The fraction of sp³-hybridized carbons (Fsp3) is 0.294. The van der Waals surface area contributed by atoms with Gasteiger partial charge in [-0.1, -0.05) is 6.07 Å². The van der Waals surface area contributed by atoms with Crippen LogP contribution in [-0.2, 0) is 0 Å². The van der Waals surface area contributed by atoms with Gasteiger partial charge in [-0.25, -0.2) is 9.97 Å². The van der Waals surface area contributed by atoms with Gasteiger partial charge in [0.15, 0.2) is 0 Å². The third-order valence-electron chi connectivity index (χ3n) is 4.16. The number of thiazole rings is 1. The first kappa shape index (κ1) is 16.2. The van der Waals surface area contributed by atoms with Gasteiger partial charge in [0.05, 0.1) is 16.8 Å². The predicted molar refractivity (Wildman–Crippen MR) is 100 cm³/mol. The van der Waals surface area contributed by atoms with Gasteiger partial charge in [-0.05, 0) is 18.4 Å². The van der Waals surface area contributed by atoms with Crippen molar-refractivity contribution in [2.75, 3.05) is 31.1 Å². The summed E-state index contributed by atoms with van der Waals surface area (Å²) in [5.74, 6) is 0.945. The molecule has 0 unspecified atom stereocenters. The summed E-state index contributed by atoms with van der Waals surface area (Å²) < 4.78 is 0. The molecule has 1 amide bonds. The van der Waals surface area contributed by atoms with E-state index < -0.39 is 0 Å². The molecule has 0 bridgehead atoms. The molecule has 25 heavy (non-hydrogen) atoms. The lowest BCUT2D eigenvalue weighted by atomic mass is 10.2. The van der Waals surface area contributed by atoms with Gasteiger partial charge in [-0.3, -0.25) is 9.78 Å². The zero-order chi connectivity index (χ0) is 17.2. The van der Waals surface area contributed by atoms with Crippen molar-refractivity contribution in [2.45, 2.75) is 6.92 Å². The van der Waals surface area contributed by atoms with E-state index in [1.165, 1.54) is 11.3 Å². The van der Waals surface area contributed by atoms with Gasteiger partial charge in [0, 0.05) is 38.6 Å². The quantitative estimate of drug-likeness (QED) is 0.708. The van der Waals surface area contributed by atoms with Crippen LogP contribution in [0.25, 0.3) is 9.88 Å². The Balaban J connectivity index is 1.46. The van der Waals surface area contributed by atoms with Crippen LogP contribution in [0.5, 0.6) is 0 Å². The van der Waals surface area contributed by atoms with Crippen molar-refractivity contribution in [3.8, 4) is 9.88 Å². The van der Waals surface area contributed by atoms with Crippen LogP contribution in [0.4, 0.5) is 5.82 Å². The Hall–Kier alpha value is -2.32. The van der Waals surface area contributed by atoms with Crippen LogP contribution in [-0.4, -0.2) is 51.9 Å². The van der Waals surface area contributed by atoms with Crippen molar-refractivity contribution in [3.05, 3.63) is 46.7 Å². The number of hydrogen-bond acceptors (Lipinski definition) is 7. The lowest BCUT2D eigenvalue weighted by Gasteiger charge is -2.35. The molecular formula is C17H17N5OS2. The zero-order valence-corrected chi connectivity index (χ0v) is 15.4. The summed E-state index contributed by atoms with van der Waals surface area (Å²) in [5, 5.41) is 2.95. The van der Waals surface area contributed by atoms with Gasteiger partial charge < -0.3 is 9.80 Å². The van der Waals surface area contributed by atoms with Crippen molar-refractivity contribution in [3.63, 3.8) is 0 Å². The van der Waals surface area contributed by atoms with Gasteiger partial charge in [-0.2, -0.15) is 0 Å². The average Bonchev–Trinajstić information content (AvgIpc) is 3.32. The number of carbonyl (C=O) groups is 1. The number of aromatic nitrogens is 3. The Labute approximate surface area is 153 Å². The van der Waals surface area contributed by atoms with Crippen LogP contribution in [0.15, 0.2) is 36.1 Å². The van der Waals surface area contributed by atoms with E-state index in [-0.39, 0.29) is 5.91 Å². The van der Waals surface area contributed by atoms with Crippen molar-refractivity contribution >= 4 is 34.4 Å². The normalized spacial score (nSPS) is 14.8. The molecule has 1 fully saturated rings. The highest BCUT2D eigenvalue weighted by atomic mass is 32.1. The molecule has 0 atom stereocenters. The van der Waals surface area contributed by atoms with Crippen LogP contribution in [0, 0.1) is 6.92 Å². The van der Waals surface area contributed by atoms with Crippen molar-refractivity contribution < 1.29 is 4.79 Å². The summed E-state index contributed by atoms with van der Waals surface area (Å²) >= 11 is 3.14. The highest BCUT2D eigenvalue weighted by molar-refractivity contribution is 7.22. The van der Waals surface area contributed by atoms with Crippen LogP contribution < -0.4 is 4.90 Å². The second-order valence-corrected chi connectivity index (χ2v) is 7.70. The fourth-order valence-corrected chi connectivity index (χ4v) is 4.67. The Bertz CT molecular complexity index is 855. The minimum atomic E-state index is 0.0802. The molecule has 0 radical (unpaired) electrons. The second kappa shape index (κ2) is 6.89. The molecule has 4 heterocycles. The van der Waals surface area contributed by atoms with Crippen molar-refractivity contribution in [2.24, 2.45) is 0 Å². The summed E-state index contributed by atoms with van der Waals surface area (Å²) in [7, 11) is 0. The smallest absolute Gasteiger partial charge is 0.265 e. The number of thiophene rings is 1. The molecule has 6 nitrogen and oxygen atoms in total. The average molecular weight is 371 g/mol. The highest BCUT2D eigenvalue weighted by Gasteiger charge is 2.26. The summed E-state index contributed by atoms with van der Waals surface area (Å²) in [6.07, 6.45) is 5.12. The number of aryl methyl sites for hydroxylation is 1. The first-order valence-corrected chi connectivity index (χ1v) is 9.73. The van der Waals surface area contributed by atoms with E-state index in [1.54, 1.807) is 29.9 Å². The van der Waals surface area contributed by atoms with Gasteiger partial charge >= 0.3 is 0 Å². The molecule has 4 rings (SSSR count).